The first-order chi connectivity index (χ1) is 8.16. The maximum Gasteiger partial charge on any atom is 0.287 e. The Labute approximate surface area is 110 Å². The van der Waals surface area contributed by atoms with Gasteiger partial charge in [0.05, 0.1) is 0 Å². The van der Waals surface area contributed by atoms with Gasteiger partial charge in [-0.1, -0.05) is 6.07 Å². The molecule has 2 rings (SSSR count). The molecule has 0 radical (unpaired) electrons. The molecule has 2 N–H and O–H groups in total. The van der Waals surface area contributed by atoms with Gasteiger partial charge in [0.2, 0.25) is 0 Å². The van der Waals surface area contributed by atoms with Crippen molar-refractivity contribution in [3.63, 3.8) is 0 Å². The topological polar surface area (TPSA) is 62.5 Å². The molecule has 0 bridgehead atoms. The molecule has 0 aliphatic carbocycles. The Hall–Kier alpha value is -1.11. The van der Waals surface area contributed by atoms with Crippen LogP contribution in [-0.2, 0) is 0 Å². The maximum absolute atomic E-state index is 11.6. The SMILES string of the molecule is O=C(NC[C@@H](O)c1cccs1)c1ccc(Br)o1. The minimum atomic E-state index is -0.683. The second-order valence-corrected chi connectivity index (χ2v) is 5.11. The molecule has 1 amide bonds. The Morgan fingerprint density at radius 1 is 1.53 bits per heavy atom. The van der Waals surface area contributed by atoms with E-state index in [9.17, 15) is 9.90 Å². The highest BCUT2D eigenvalue weighted by Crippen LogP contribution is 2.18. The molecule has 0 saturated carbocycles. The molecule has 1 atom stereocenters. The number of hydrogen-bond donors (Lipinski definition) is 2. The van der Waals surface area contributed by atoms with E-state index in [2.05, 4.69) is 21.2 Å². The van der Waals surface area contributed by atoms with E-state index in [1.54, 1.807) is 12.1 Å². The lowest BCUT2D eigenvalue weighted by Gasteiger charge is -2.08. The number of halogens is 1. The van der Waals surface area contributed by atoms with Gasteiger partial charge in [-0.2, -0.15) is 0 Å². The molecule has 0 aromatic carbocycles. The predicted octanol–water partition coefficient (Wildman–Crippen LogP) is 2.57. The molecule has 0 aliphatic heterocycles. The van der Waals surface area contributed by atoms with Gasteiger partial charge in [-0.3, -0.25) is 4.79 Å². The summed E-state index contributed by atoms with van der Waals surface area (Å²) in [5, 5.41) is 14.2. The first-order valence-corrected chi connectivity index (χ1v) is 6.59. The number of furan rings is 1. The fourth-order valence-corrected chi connectivity index (χ4v) is 2.31. The van der Waals surface area contributed by atoms with Gasteiger partial charge in [0.15, 0.2) is 10.4 Å². The molecule has 4 nitrogen and oxygen atoms in total. The molecule has 17 heavy (non-hydrogen) atoms. The molecule has 0 saturated heterocycles. The third kappa shape index (κ3) is 3.18. The molecule has 2 aromatic rings. The zero-order chi connectivity index (χ0) is 12.3. The predicted molar refractivity (Wildman–Crippen MR) is 68.0 cm³/mol. The summed E-state index contributed by atoms with van der Waals surface area (Å²) in [4.78, 5) is 12.4. The lowest BCUT2D eigenvalue weighted by molar-refractivity contribution is 0.0889. The Morgan fingerprint density at radius 3 is 2.94 bits per heavy atom. The average molecular weight is 316 g/mol. The zero-order valence-electron chi connectivity index (χ0n) is 8.72. The highest BCUT2D eigenvalue weighted by molar-refractivity contribution is 9.10. The summed E-state index contributed by atoms with van der Waals surface area (Å²) in [6.07, 6.45) is -0.683. The standard InChI is InChI=1S/C11H10BrNO3S/c12-10-4-3-8(16-10)11(15)13-6-7(14)9-2-1-5-17-9/h1-5,7,14H,6H2,(H,13,15)/t7-/m1/s1. The summed E-state index contributed by atoms with van der Waals surface area (Å²) in [5.41, 5.74) is 0. The van der Waals surface area contributed by atoms with Crippen molar-refractivity contribution in [2.24, 2.45) is 0 Å². The summed E-state index contributed by atoms with van der Waals surface area (Å²) in [7, 11) is 0. The number of amides is 1. The van der Waals surface area contributed by atoms with Crippen molar-refractivity contribution in [1.82, 2.24) is 5.32 Å². The van der Waals surface area contributed by atoms with E-state index in [1.165, 1.54) is 11.3 Å². The van der Waals surface area contributed by atoms with Gasteiger partial charge in [-0.25, -0.2) is 0 Å². The molecule has 0 fully saturated rings. The highest BCUT2D eigenvalue weighted by Gasteiger charge is 2.13. The second-order valence-electron chi connectivity index (χ2n) is 3.35. The van der Waals surface area contributed by atoms with E-state index in [-0.39, 0.29) is 18.2 Å². The van der Waals surface area contributed by atoms with Crippen molar-refractivity contribution in [2.45, 2.75) is 6.10 Å². The fraction of sp³-hybridized carbons (Fsp3) is 0.182. The number of hydrogen-bond acceptors (Lipinski definition) is 4. The van der Waals surface area contributed by atoms with Crippen LogP contribution in [0.4, 0.5) is 0 Å². The Bertz CT molecular complexity index is 495. The smallest absolute Gasteiger partial charge is 0.287 e. The van der Waals surface area contributed by atoms with E-state index >= 15 is 0 Å². The lowest BCUT2D eigenvalue weighted by atomic mass is 10.3. The number of aliphatic hydroxyl groups excluding tert-OH is 1. The second kappa shape index (κ2) is 5.48. The maximum atomic E-state index is 11.6. The summed E-state index contributed by atoms with van der Waals surface area (Å²) < 4.78 is 5.60. The summed E-state index contributed by atoms with van der Waals surface area (Å²) in [6, 6.07) is 6.89. The van der Waals surface area contributed by atoms with E-state index in [4.69, 9.17) is 4.42 Å². The first-order valence-electron chi connectivity index (χ1n) is 4.92. The summed E-state index contributed by atoms with van der Waals surface area (Å²) in [6.45, 7) is 0.164. The van der Waals surface area contributed by atoms with Crippen LogP contribution in [0.1, 0.15) is 21.5 Å². The van der Waals surface area contributed by atoms with Crippen LogP contribution in [0.15, 0.2) is 38.7 Å². The van der Waals surface area contributed by atoms with Gasteiger partial charge in [-0.15, -0.1) is 11.3 Å². The molecular formula is C11H10BrNO3S. The average Bonchev–Trinajstić information content (AvgIpc) is 2.95. The Kier molecular flexibility index (Phi) is 3.98. The molecular weight excluding hydrogens is 306 g/mol. The van der Waals surface area contributed by atoms with Crippen LogP contribution in [0.2, 0.25) is 0 Å². The van der Waals surface area contributed by atoms with Gasteiger partial charge < -0.3 is 14.8 Å². The van der Waals surface area contributed by atoms with Crippen molar-refractivity contribution >= 4 is 33.2 Å². The molecule has 2 aromatic heterocycles. The van der Waals surface area contributed by atoms with Crippen LogP contribution in [0.5, 0.6) is 0 Å². The molecule has 0 spiro atoms. The van der Waals surface area contributed by atoms with Gasteiger partial charge >= 0.3 is 0 Å². The minimum absolute atomic E-state index is 0.164. The Balaban J connectivity index is 1.88. The summed E-state index contributed by atoms with van der Waals surface area (Å²) in [5.74, 6) is -0.124. The van der Waals surface area contributed by atoms with Gasteiger partial charge in [0.25, 0.3) is 5.91 Å². The third-order valence-electron chi connectivity index (χ3n) is 2.12. The monoisotopic (exact) mass is 315 g/mol. The van der Waals surface area contributed by atoms with Crippen LogP contribution in [0, 0.1) is 0 Å². The van der Waals surface area contributed by atoms with E-state index < -0.39 is 6.10 Å². The van der Waals surface area contributed by atoms with E-state index in [0.717, 1.165) is 4.88 Å². The van der Waals surface area contributed by atoms with Gasteiger partial charge in [-0.05, 0) is 39.5 Å². The van der Waals surface area contributed by atoms with Crippen LogP contribution < -0.4 is 5.32 Å². The minimum Gasteiger partial charge on any atom is -0.444 e. The van der Waals surface area contributed by atoms with Crippen molar-refractivity contribution in [3.8, 4) is 0 Å². The summed E-state index contributed by atoms with van der Waals surface area (Å²) >= 11 is 4.57. The number of aliphatic hydroxyl groups is 1. The quantitative estimate of drug-likeness (QED) is 0.911. The largest absolute Gasteiger partial charge is 0.444 e. The number of carbonyl (C=O) groups is 1. The van der Waals surface area contributed by atoms with E-state index in [0.29, 0.717) is 4.67 Å². The highest BCUT2D eigenvalue weighted by atomic mass is 79.9. The van der Waals surface area contributed by atoms with Crippen molar-refractivity contribution < 1.29 is 14.3 Å². The molecule has 0 aliphatic rings. The number of carbonyl (C=O) groups excluding carboxylic acids is 1. The van der Waals surface area contributed by atoms with Crippen molar-refractivity contribution in [3.05, 3.63) is 45.0 Å². The van der Waals surface area contributed by atoms with E-state index in [1.807, 2.05) is 17.5 Å². The molecule has 2 heterocycles. The van der Waals surface area contributed by atoms with Gasteiger partial charge in [0.1, 0.15) is 6.10 Å². The number of nitrogens with one attached hydrogen (secondary N) is 1. The van der Waals surface area contributed by atoms with Crippen molar-refractivity contribution in [1.29, 1.82) is 0 Å². The van der Waals surface area contributed by atoms with Crippen LogP contribution in [0.25, 0.3) is 0 Å². The van der Waals surface area contributed by atoms with Gasteiger partial charge in [0, 0.05) is 11.4 Å². The number of thiophene rings is 1. The lowest BCUT2D eigenvalue weighted by Crippen LogP contribution is -2.27. The van der Waals surface area contributed by atoms with Crippen LogP contribution in [0.3, 0.4) is 0 Å². The first kappa shape index (κ1) is 12.3. The number of rotatable bonds is 4. The normalized spacial score (nSPS) is 12.4. The van der Waals surface area contributed by atoms with Crippen LogP contribution in [-0.4, -0.2) is 17.6 Å². The fourth-order valence-electron chi connectivity index (χ4n) is 1.29. The molecule has 6 heteroatoms. The van der Waals surface area contributed by atoms with Crippen LogP contribution >= 0.6 is 27.3 Å². The van der Waals surface area contributed by atoms with Crippen molar-refractivity contribution in [2.75, 3.05) is 6.54 Å². The zero-order valence-corrected chi connectivity index (χ0v) is 11.1. The third-order valence-corrected chi connectivity index (χ3v) is 3.52. The Morgan fingerprint density at radius 2 is 2.35 bits per heavy atom. The molecule has 90 valence electrons. The molecule has 0 unspecified atom stereocenters.